The predicted octanol–water partition coefficient (Wildman–Crippen LogP) is 1.74. The molecule has 0 aliphatic rings. The minimum atomic E-state index is -0.432. The van der Waals surface area contributed by atoms with E-state index in [-0.39, 0.29) is 12.1 Å². The number of fused-ring (bicyclic) bond motifs is 1. The van der Waals surface area contributed by atoms with Gasteiger partial charge in [-0.05, 0) is 12.5 Å². The lowest BCUT2D eigenvalue weighted by Crippen LogP contribution is -2.27. The van der Waals surface area contributed by atoms with E-state index in [1.807, 2.05) is 19.1 Å². The van der Waals surface area contributed by atoms with Crippen molar-refractivity contribution in [2.24, 2.45) is 0 Å². The summed E-state index contributed by atoms with van der Waals surface area (Å²) < 4.78 is 6.15. The Labute approximate surface area is 110 Å². The fourth-order valence-electron chi connectivity index (χ4n) is 1.74. The van der Waals surface area contributed by atoms with Crippen molar-refractivity contribution < 1.29 is 9.53 Å². The number of nitrogens with zero attached hydrogens (tertiary/aromatic N) is 2. The zero-order valence-corrected chi connectivity index (χ0v) is 10.8. The Morgan fingerprint density at radius 3 is 2.95 bits per heavy atom. The maximum absolute atomic E-state index is 12.1. The van der Waals surface area contributed by atoms with Crippen LogP contribution in [0.3, 0.4) is 0 Å². The molecule has 0 N–H and O–H groups in total. The molecule has 0 bridgehead atoms. The Morgan fingerprint density at radius 2 is 2.16 bits per heavy atom. The van der Waals surface area contributed by atoms with E-state index < -0.39 is 5.97 Å². The number of unbranched alkanes of at least 4 members (excludes halogenated alkanes) is 1. The zero-order valence-electron chi connectivity index (χ0n) is 10.8. The molecular formula is C14H16N2O3. The quantitative estimate of drug-likeness (QED) is 0.607. The maximum atomic E-state index is 12.1. The highest BCUT2D eigenvalue weighted by atomic mass is 16.5. The highest BCUT2D eigenvalue weighted by molar-refractivity contribution is 5.80. The van der Waals surface area contributed by atoms with Gasteiger partial charge in [0.2, 0.25) is 0 Å². The second-order valence-corrected chi connectivity index (χ2v) is 4.27. The summed E-state index contributed by atoms with van der Waals surface area (Å²) in [5.74, 6) is -0.432. The maximum Gasteiger partial charge on any atom is 0.327 e. The van der Waals surface area contributed by atoms with Crippen molar-refractivity contribution in [3.05, 3.63) is 40.8 Å². The van der Waals surface area contributed by atoms with Gasteiger partial charge in [0.1, 0.15) is 6.54 Å². The van der Waals surface area contributed by atoms with Crippen molar-refractivity contribution in [3.63, 3.8) is 0 Å². The van der Waals surface area contributed by atoms with Crippen molar-refractivity contribution in [2.45, 2.75) is 26.3 Å². The summed E-state index contributed by atoms with van der Waals surface area (Å²) >= 11 is 0. The van der Waals surface area contributed by atoms with Gasteiger partial charge in [-0.3, -0.25) is 9.59 Å². The fourth-order valence-corrected chi connectivity index (χ4v) is 1.74. The molecule has 2 aromatic rings. The molecule has 100 valence electrons. The molecule has 2 rings (SSSR count). The first-order valence-electron chi connectivity index (χ1n) is 6.33. The van der Waals surface area contributed by atoms with Crippen molar-refractivity contribution in [1.29, 1.82) is 0 Å². The van der Waals surface area contributed by atoms with Crippen LogP contribution in [0.2, 0.25) is 0 Å². The lowest BCUT2D eigenvalue weighted by molar-refractivity contribution is -0.144. The van der Waals surface area contributed by atoms with E-state index >= 15 is 0 Å². The van der Waals surface area contributed by atoms with E-state index in [0.29, 0.717) is 12.0 Å². The first kappa shape index (κ1) is 13.3. The largest absolute Gasteiger partial charge is 0.464 e. The highest BCUT2D eigenvalue weighted by Crippen LogP contribution is 2.06. The Hall–Kier alpha value is -2.17. The predicted molar refractivity (Wildman–Crippen MR) is 71.9 cm³/mol. The molecule has 5 heteroatoms. The normalized spacial score (nSPS) is 10.6. The van der Waals surface area contributed by atoms with Gasteiger partial charge in [0.15, 0.2) is 0 Å². The highest BCUT2D eigenvalue weighted by Gasteiger charge is 2.08. The zero-order chi connectivity index (χ0) is 13.7. The van der Waals surface area contributed by atoms with E-state index in [1.165, 1.54) is 0 Å². The van der Waals surface area contributed by atoms with Crippen molar-refractivity contribution in [1.82, 2.24) is 9.78 Å². The second-order valence-electron chi connectivity index (χ2n) is 4.27. The van der Waals surface area contributed by atoms with Crippen LogP contribution in [0.1, 0.15) is 19.8 Å². The van der Waals surface area contributed by atoms with Gasteiger partial charge in [-0.2, -0.15) is 5.10 Å². The lowest BCUT2D eigenvalue weighted by Gasteiger charge is -2.06. The van der Waals surface area contributed by atoms with Gasteiger partial charge in [0.05, 0.1) is 18.2 Å². The third-order valence-corrected chi connectivity index (χ3v) is 2.80. The van der Waals surface area contributed by atoms with Crippen LogP contribution in [0.4, 0.5) is 0 Å². The number of esters is 1. The fraction of sp³-hybridized carbons (Fsp3) is 0.357. The average molecular weight is 260 g/mol. The first-order valence-corrected chi connectivity index (χ1v) is 6.33. The van der Waals surface area contributed by atoms with E-state index in [9.17, 15) is 9.59 Å². The van der Waals surface area contributed by atoms with Crippen molar-refractivity contribution in [2.75, 3.05) is 6.61 Å². The van der Waals surface area contributed by atoms with Gasteiger partial charge in [-0.25, -0.2) is 4.68 Å². The number of hydrogen-bond donors (Lipinski definition) is 0. The molecule has 1 heterocycles. The SMILES string of the molecule is CCCCOC(=O)Cn1ncc2ccccc2c1=O. The Bertz CT molecular complexity index is 634. The molecule has 1 aromatic carbocycles. The summed E-state index contributed by atoms with van der Waals surface area (Å²) in [4.78, 5) is 23.6. The summed E-state index contributed by atoms with van der Waals surface area (Å²) in [6.07, 6.45) is 3.36. The molecule has 0 fully saturated rings. The molecule has 1 aromatic heterocycles. The van der Waals surface area contributed by atoms with Gasteiger partial charge in [0, 0.05) is 5.39 Å². The molecular weight excluding hydrogens is 244 g/mol. The van der Waals surface area contributed by atoms with Gasteiger partial charge < -0.3 is 4.74 Å². The molecule has 0 aliphatic heterocycles. The standard InChI is InChI=1S/C14H16N2O3/c1-2-3-8-19-13(17)10-16-14(18)12-7-5-4-6-11(12)9-15-16/h4-7,9H,2-3,8,10H2,1H3. The number of aromatic nitrogens is 2. The minimum absolute atomic E-state index is 0.145. The number of benzene rings is 1. The van der Waals surface area contributed by atoms with E-state index in [1.54, 1.807) is 18.3 Å². The van der Waals surface area contributed by atoms with Gasteiger partial charge >= 0.3 is 5.97 Å². The number of ether oxygens (including phenoxy) is 1. The van der Waals surface area contributed by atoms with Crippen molar-refractivity contribution in [3.8, 4) is 0 Å². The Kier molecular flexibility index (Phi) is 4.28. The second kappa shape index (κ2) is 6.13. The molecule has 0 aliphatic carbocycles. The van der Waals surface area contributed by atoms with Crippen LogP contribution in [0.5, 0.6) is 0 Å². The molecule has 0 amide bonds. The Balaban J connectivity index is 2.15. The third kappa shape index (κ3) is 3.19. The van der Waals surface area contributed by atoms with Crippen molar-refractivity contribution >= 4 is 16.7 Å². The smallest absolute Gasteiger partial charge is 0.327 e. The number of hydrogen-bond acceptors (Lipinski definition) is 4. The van der Waals surface area contributed by atoms with Crippen LogP contribution >= 0.6 is 0 Å². The van der Waals surface area contributed by atoms with Gasteiger partial charge in [0.25, 0.3) is 5.56 Å². The average Bonchev–Trinajstić information content (AvgIpc) is 2.43. The van der Waals surface area contributed by atoms with Crippen LogP contribution in [-0.4, -0.2) is 22.4 Å². The minimum Gasteiger partial charge on any atom is -0.464 e. The topological polar surface area (TPSA) is 61.2 Å². The summed E-state index contributed by atoms with van der Waals surface area (Å²) in [5, 5.41) is 5.30. The number of carbonyl (C=O) groups is 1. The number of rotatable bonds is 5. The lowest BCUT2D eigenvalue weighted by atomic mass is 10.2. The summed E-state index contributed by atoms with van der Waals surface area (Å²) in [6, 6.07) is 7.16. The summed E-state index contributed by atoms with van der Waals surface area (Å²) in [7, 11) is 0. The monoisotopic (exact) mass is 260 g/mol. The Morgan fingerprint density at radius 1 is 1.37 bits per heavy atom. The summed E-state index contributed by atoms with van der Waals surface area (Å²) in [5.41, 5.74) is -0.273. The molecule has 0 radical (unpaired) electrons. The molecule has 0 saturated heterocycles. The van der Waals surface area contributed by atoms with Gasteiger partial charge in [-0.1, -0.05) is 31.5 Å². The van der Waals surface area contributed by atoms with Gasteiger partial charge in [-0.15, -0.1) is 0 Å². The molecule has 0 spiro atoms. The van der Waals surface area contributed by atoms with E-state index in [0.717, 1.165) is 22.9 Å². The molecule has 0 saturated carbocycles. The third-order valence-electron chi connectivity index (χ3n) is 2.80. The van der Waals surface area contributed by atoms with Crippen LogP contribution < -0.4 is 5.56 Å². The molecule has 0 atom stereocenters. The van der Waals surface area contributed by atoms with Crippen LogP contribution in [0, 0.1) is 0 Å². The van der Waals surface area contributed by atoms with Crippen LogP contribution in [0.15, 0.2) is 35.3 Å². The van der Waals surface area contributed by atoms with E-state index in [2.05, 4.69) is 5.10 Å². The van der Waals surface area contributed by atoms with Crippen LogP contribution in [-0.2, 0) is 16.1 Å². The summed E-state index contributed by atoms with van der Waals surface area (Å²) in [6.45, 7) is 2.26. The number of carbonyl (C=O) groups excluding carboxylic acids is 1. The van der Waals surface area contributed by atoms with E-state index in [4.69, 9.17) is 4.74 Å². The molecule has 19 heavy (non-hydrogen) atoms. The van der Waals surface area contributed by atoms with Crippen LogP contribution in [0.25, 0.3) is 10.8 Å². The first-order chi connectivity index (χ1) is 9.22. The molecule has 0 unspecified atom stereocenters. The molecule has 5 nitrogen and oxygen atoms in total.